The second kappa shape index (κ2) is 12.3. The molecule has 0 saturated heterocycles. The minimum absolute atomic E-state index is 0.165. The Kier molecular flexibility index (Phi) is 8.40. The van der Waals surface area contributed by atoms with Crippen LogP contribution in [0.25, 0.3) is 21.8 Å². The zero-order chi connectivity index (χ0) is 29.7. The lowest BCUT2D eigenvalue weighted by molar-refractivity contribution is -0.132. The summed E-state index contributed by atoms with van der Waals surface area (Å²) in [6.45, 7) is 3.18. The summed E-state index contributed by atoms with van der Waals surface area (Å²) in [6, 6.07) is 24.1. The Morgan fingerprint density at radius 3 is 1.88 bits per heavy atom. The van der Waals surface area contributed by atoms with E-state index in [0.29, 0.717) is 6.42 Å². The van der Waals surface area contributed by atoms with E-state index in [1.54, 1.807) is 13.8 Å². The maximum atomic E-state index is 13.9. The van der Waals surface area contributed by atoms with Crippen molar-refractivity contribution in [2.24, 2.45) is 5.73 Å². The fourth-order valence-corrected chi connectivity index (χ4v) is 5.03. The number of carbonyl (C=O) groups excluding carboxylic acids is 3. The molecule has 2 atom stereocenters. The number of amides is 3. The van der Waals surface area contributed by atoms with Gasteiger partial charge in [-0.1, -0.05) is 66.7 Å². The van der Waals surface area contributed by atoms with E-state index in [1.807, 2.05) is 91.3 Å². The Labute approximate surface area is 244 Å². The lowest BCUT2D eigenvalue weighted by atomic mass is 10.0. The molecule has 9 heteroatoms. The van der Waals surface area contributed by atoms with Crippen LogP contribution in [0.2, 0.25) is 0 Å². The van der Waals surface area contributed by atoms with E-state index in [0.717, 1.165) is 38.5 Å². The van der Waals surface area contributed by atoms with Gasteiger partial charge in [-0.25, -0.2) is 0 Å². The molecule has 42 heavy (non-hydrogen) atoms. The molecule has 5 aromatic rings. The second-order valence-electron chi connectivity index (χ2n) is 11.2. The third-order valence-corrected chi connectivity index (χ3v) is 7.26. The van der Waals surface area contributed by atoms with Gasteiger partial charge in [-0.2, -0.15) is 0 Å². The van der Waals surface area contributed by atoms with Crippen molar-refractivity contribution in [2.45, 2.75) is 50.9 Å². The van der Waals surface area contributed by atoms with E-state index in [1.165, 1.54) is 0 Å². The third kappa shape index (κ3) is 6.87. The summed E-state index contributed by atoms with van der Waals surface area (Å²) in [5.74, 6) is -1.11. The van der Waals surface area contributed by atoms with Crippen molar-refractivity contribution >= 4 is 39.5 Å². The van der Waals surface area contributed by atoms with Crippen LogP contribution in [0.1, 0.15) is 30.5 Å². The molecule has 9 nitrogen and oxygen atoms in total. The van der Waals surface area contributed by atoms with Gasteiger partial charge in [0.1, 0.15) is 12.2 Å². The minimum Gasteiger partial charge on any atom is -0.361 e. The lowest BCUT2D eigenvalue weighted by Gasteiger charge is -2.27. The zero-order valence-electron chi connectivity index (χ0n) is 23.7. The van der Waals surface area contributed by atoms with E-state index in [-0.39, 0.29) is 18.7 Å². The number of aromatic amines is 2. The van der Waals surface area contributed by atoms with Gasteiger partial charge in [0.2, 0.25) is 17.7 Å². The molecule has 7 N–H and O–H groups in total. The molecule has 3 amide bonds. The molecular weight excluding hydrogens is 528 g/mol. The van der Waals surface area contributed by atoms with Gasteiger partial charge in [0.25, 0.3) is 0 Å². The van der Waals surface area contributed by atoms with Crippen LogP contribution in [0.4, 0.5) is 0 Å². The van der Waals surface area contributed by atoms with Crippen molar-refractivity contribution in [3.63, 3.8) is 0 Å². The van der Waals surface area contributed by atoms with Gasteiger partial charge < -0.3 is 31.7 Å². The van der Waals surface area contributed by atoms with Gasteiger partial charge >= 0.3 is 0 Å². The van der Waals surface area contributed by atoms with Crippen LogP contribution in [0.5, 0.6) is 0 Å². The molecule has 0 radical (unpaired) electrons. The van der Waals surface area contributed by atoms with Crippen LogP contribution in [0.3, 0.4) is 0 Å². The van der Waals surface area contributed by atoms with Gasteiger partial charge in [-0.15, -0.1) is 0 Å². The van der Waals surface area contributed by atoms with Crippen LogP contribution in [0.15, 0.2) is 91.3 Å². The van der Waals surface area contributed by atoms with Crippen LogP contribution in [-0.4, -0.2) is 45.4 Å². The fourth-order valence-electron chi connectivity index (χ4n) is 5.03. The quantitative estimate of drug-likeness (QED) is 0.137. The van der Waals surface area contributed by atoms with Gasteiger partial charge in [0.15, 0.2) is 0 Å². The number of H-pyrrole nitrogens is 2. The number of para-hydroxylation sites is 2. The number of hydrogen-bond donors (Lipinski definition) is 6. The van der Waals surface area contributed by atoms with Crippen LogP contribution >= 0.6 is 0 Å². The Bertz CT molecular complexity index is 1700. The Morgan fingerprint density at radius 1 is 0.738 bits per heavy atom. The molecule has 2 aromatic heterocycles. The fraction of sp³-hybridized carbons (Fsp3) is 0.242. The van der Waals surface area contributed by atoms with Crippen molar-refractivity contribution in [1.29, 1.82) is 0 Å². The molecule has 2 heterocycles. The number of fused-ring (bicyclic) bond motifs is 2. The first kappa shape index (κ1) is 28.6. The maximum absolute atomic E-state index is 13.9. The summed E-state index contributed by atoms with van der Waals surface area (Å²) in [7, 11) is 0. The number of aromatic nitrogens is 2. The smallest absolute Gasteiger partial charge is 0.244 e. The zero-order valence-corrected chi connectivity index (χ0v) is 23.7. The maximum Gasteiger partial charge on any atom is 0.244 e. The minimum atomic E-state index is -1.19. The average Bonchev–Trinajstić information content (AvgIpc) is 3.56. The Morgan fingerprint density at radius 2 is 1.29 bits per heavy atom. The van der Waals surface area contributed by atoms with E-state index >= 15 is 0 Å². The third-order valence-electron chi connectivity index (χ3n) is 7.26. The molecule has 0 spiro atoms. The normalized spacial score (nSPS) is 13.0. The summed E-state index contributed by atoms with van der Waals surface area (Å²) in [4.78, 5) is 46.4. The SMILES string of the molecule is CC(C)(N)C(=O)N[C@H](Cc1c[nH]c2ccccc12)C(=O)N[C@H](Cc1c[nH]c2ccccc12)NC(=O)Cc1ccccc1. The highest BCUT2D eigenvalue weighted by Crippen LogP contribution is 2.21. The number of hydrogen-bond acceptors (Lipinski definition) is 4. The van der Waals surface area contributed by atoms with Crippen LogP contribution in [0, 0.1) is 0 Å². The van der Waals surface area contributed by atoms with Crippen LogP contribution < -0.4 is 21.7 Å². The molecule has 216 valence electrons. The summed E-state index contributed by atoms with van der Waals surface area (Å²) < 4.78 is 0. The highest BCUT2D eigenvalue weighted by molar-refractivity contribution is 5.93. The van der Waals surface area contributed by atoms with Crippen molar-refractivity contribution < 1.29 is 14.4 Å². The summed E-state index contributed by atoms with van der Waals surface area (Å²) in [5, 5.41) is 10.8. The number of benzene rings is 3. The molecule has 0 unspecified atom stereocenters. The molecule has 0 aliphatic carbocycles. The molecule has 0 saturated carbocycles. The number of rotatable bonds is 11. The number of carbonyl (C=O) groups is 3. The van der Waals surface area contributed by atoms with Gasteiger partial charge in [-0.05, 0) is 42.7 Å². The molecular formula is C33H36N6O3. The average molecular weight is 565 g/mol. The van der Waals surface area contributed by atoms with E-state index in [9.17, 15) is 14.4 Å². The van der Waals surface area contributed by atoms with Gasteiger partial charge in [0.05, 0.1) is 12.0 Å². The topological polar surface area (TPSA) is 145 Å². The van der Waals surface area contributed by atoms with E-state index in [4.69, 9.17) is 5.73 Å². The predicted molar refractivity (Wildman–Crippen MR) is 164 cm³/mol. The van der Waals surface area contributed by atoms with Gasteiger partial charge in [-0.3, -0.25) is 14.4 Å². The van der Waals surface area contributed by atoms with Crippen molar-refractivity contribution in [3.05, 3.63) is 108 Å². The Hall–Kier alpha value is -4.89. The monoisotopic (exact) mass is 564 g/mol. The molecule has 0 aliphatic heterocycles. The molecule has 0 bridgehead atoms. The van der Waals surface area contributed by atoms with Crippen molar-refractivity contribution in [2.75, 3.05) is 0 Å². The van der Waals surface area contributed by atoms with Crippen molar-refractivity contribution in [1.82, 2.24) is 25.9 Å². The van der Waals surface area contributed by atoms with E-state index < -0.39 is 29.6 Å². The largest absolute Gasteiger partial charge is 0.361 e. The number of nitrogens with one attached hydrogen (secondary N) is 5. The van der Waals surface area contributed by atoms with E-state index in [2.05, 4.69) is 25.9 Å². The predicted octanol–water partition coefficient (Wildman–Crippen LogP) is 3.46. The van der Waals surface area contributed by atoms with Gasteiger partial charge in [0, 0.05) is 47.0 Å². The molecule has 0 fully saturated rings. The summed E-state index contributed by atoms with van der Waals surface area (Å²) >= 11 is 0. The first-order valence-electron chi connectivity index (χ1n) is 14.0. The molecule has 5 rings (SSSR count). The first-order chi connectivity index (χ1) is 20.2. The standard InChI is InChI=1S/C33H36N6O3/c1-33(2,34)32(42)37-28(17-22-19-35-26-14-8-6-12-24(22)26)31(41)39-29(38-30(40)16-21-10-4-3-5-11-21)18-23-20-36-27-15-9-7-13-25(23)27/h3-15,19-20,28-29,35-36H,16-18,34H2,1-2H3,(H,37,42)(H,38,40)(H,39,41)/t28-,29-/m1/s1. The highest BCUT2D eigenvalue weighted by atomic mass is 16.2. The van der Waals surface area contributed by atoms with Crippen molar-refractivity contribution in [3.8, 4) is 0 Å². The first-order valence-corrected chi connectivity index (χ1v) is 14.0. The summed E-state index contributed by atoms with van der Waals surface area (Å²) in [5.41, 5.74) is 9.45. The summed E-state index contributed by atoms with van der Waals surface area (Å²) in [6.07, 6.45) is 3.73. The number of nitrogens with two attached hydrogens (primary N) is 1. The van der Waals surface area contributed by atoms with Crippen LogP contribution in [-0.2, 0) is 33.6 Å². The lowest BCUT2D eigenvalue weighted by Crippen LogP contribution is -2.59. The Balaban J connectivity index is 1.40. The molecule has 3 aromatic carbocycles. The molecule has 0 aliphatic rings. The second-order valence-corrected chi connectivity index (χ2v) is 11.2. The highest BCUT2D eigenvalue weighted by Gasteiger charge is 2.30.